The summed E-state index contributed by atoms with van der Waals surface area (Å²) >= 11 is 6.40. The van der Waals surface area contributed by atoms with Crippen molar-refractivity contribution in [2.45, 2.75) is 38.8 Å². The minimum atomic E-state index is -0.405. The van der Waals surface area contributed by atoms with Gasteiger partial charge in [0, 0.05) is 35.2 Å². The molecule has 0 bridgehead atoms. The molecule has 7 nitrogen and oxygen atoms in total. The van der Waals surface area contributed by atoms with Crippen LogP contribution in [0.25, 0.3) is 0 Å². The first-order valence-electron chi connectivity index (χ1n) is 10.4. The predicted molar refractivity (Wildman–Crippen MR) is 126 cm³/mol. The van der Waals surface area contributed by atoms with Crippen molar-refractivity contribution < 1.29 is 14.3 Å². The smallest absolute Gasteiger partial charge is 0.318 e. The van der Waals surface area contributed by atoms with Gasteiger partial charge in [-0.15, -0.1) is 0 Å². The third kappa shape index (κ3) is 5.40. The summed E-state index contributed by atoms with van der Waals surface area (Å²) < 4.78 is 5.54. The minimum absolute atomic E-state index is 0.118. The van der Waals surface area contributed by atoms with Crippen molar-refractivity contribution in [3.8, 4) is 5.75 Å². The number of halogens is 1. The highest BCUT2D eigenvalue weighted by Gasteiger charge is 2.36. The second kappa shape index (κ2) is 9.61. The molecular formula is C24H29ClN4O3. The number of hydrogen-bond donors (Lipinski definition) is 1. The number of amides is 3. The number of ether oxygens (including phenoxy) is 1. The first-order chi connectivity index (χ1) is 15.1. The number of carbonyl (C=O) groups excluding carboxylic acids is 2. The SMILES string of the molecule is COc1ccccc1C1CC(c2ccccc2Cl)=NN1C(=O)CN(C)C(=O)NC(C)(C)C. The number of hydrogen-bond acceptors (Lipinski definition) is 4. The molecule has 0 spiro atoms. The Morgan fingerprint density at radius 2 is 1.84 bits per heavy atom. The largest absolute Gasteiger partial charge is 0.496 e. The number of benzene rings is 2. The monoisotopic (exact) mass is 456 g/mol. The first-order valence-corrected chi connectivity index (χ1v) is 10.8. The van der Waals surface area contributed by atoms with Gasteiger partial charge in [-0.05, 0) is 32.9 Å². The highest BCUT2D eigenvalue weighted by Crippen LogP contribution is 2.38. The van der Waals surface area contributed by atoms with Gasteiger partial charge in [0.2, 0.25) is 0 Å². The minimum Gasteiger partial charge on any atom is -0.496 e. The molecular weight excluding hydrogens is 428 g/mol. The van der Waals surface area contributed by atoms with Crippen molar-refractivity contribution in [1.82, 2.24) is 15.2 Å². The van der Waals surface area contributed by atoms with Gasteiger partial charge in [0.05, 0.1) is 18.9 Å². The fraction of sp³-hybridized carbons (Fsp3) is 0.375. The zero-order chi connectivity index (χ0) is 23.5. The second-order valence-corrected chi connectivity index (χ2v) is 9.17. The molecule has 1 unspecified atom stereocenters. The van der Waals surface area contributed by atoms with E-state index >= 15 is 0 Å². The molecule has 1 heterocycles. The maximum absolute atomic E-state index is 13.3. The lowest BCUT2D eigenvalue weighted by Crippen LogP contribution is -2.49. The van der Waals surface area contributed by atoms with E-state index in [1.165, 1.54) is 9.91 Å². The molecule has 3 amide bonds. The second-order valence-electron chi connectivity index (χ2n) is 8.76. The number of urea groups is 1. The van der Waals surface area contributed by atoms with Crippen LogP contribution in [0.4, 0.5) is 4.79 Å². The predicted octanol–water partition coefficient (Wildman–Crippen LogP) is 4.47. The van der Waals surface area contributed by atoms with Gasteiger partial charge in [-0.3, -0.25) is 4.79 Å². The molecule has 0 saturated heterocycles. The molecule has 2 aromatic carbocycles. The van der Waals surface area contributed by atoms with Crippen LogP contribution in [0.3, 0.4) is 0 Å². The van der Waals surface area contributed by atoms with Crippen molar-refractivity contribution >= 4 is 29.3 Å². The average molecular weight is 457 g/mol. The number of rotatable bonds is 5. The highest BCUT2D eigenvalue weighted by atomic mass is 35.5. The number of para-hydroxylation sites is 1. The Kier molecular flexibility index (Phi) is 7.09. The van der Waals surface area contributed by atoms with Gasteiger partial charge in [0.25, 0.3) is 5.91 Å². The van der Waals surface area contributed by atoms with Crippen LogP contribution in [0, 0.1) is 0 Å². The van der Waals surface area contributed by atoms with Crippen LogP contribution >= 0.6 is 11.6 Å². The Morgan fingerprint density at radius 3 is 2.50 bits per heavy atom. The van der Waals surface area contributed by atoms with Crippen LogP contribution < -0.4 is 10.1 Å². The Balaban J connectivity index is 1.91. The Bertz CT molecular complexity index is 1030. The fourth-order valence-electron chi connectivity index (χ4n) is 3.55. The number of nitrogens with zero attached hydrogens (tertiary/aromatic N) is 3. The lowest BCUT2D eigenvalue weighted by molar-refractivity contribution is -0.133. The zero-order valence-corrected chi connectivity index (χ0v) is 19.8. The van der Waals surface area contributed by atoms with Crippen molar-refractivity contribution in [2.24, 2.45) is 5.10 Å². The summed E-state index contributed by atoms with van der Waals surface area (Å²) in [6.07, 6.45) is 0.480. The van der Waals surface area contributed by atoms with E-state index < -0.39 is 5.54 Å². The van der Waals surface area contributed by atoms with E-state index in [0.717, 1.165) is 11.1 Å². The van der Waals surface area contributed by atoms with Crippen molar-refractivity contribution in [3.05, 3.63) is 64.7 Å². The lowest BCUT2D eigenvalue weighted by atomic mass is 9.97. The highest BCUT2D eigenvalue weighted by molar-refractivity contribution is 6.34. The summed E-state index contributed by atoms with van der Waals surface area (Å²) in [5, 5.41) is 9.51. The number of methoxy groups -OCH3 is 1. The molecule has 1 atom stereocenters. The zero-order valence-electron chi connectivity index (χ0n) is 19.1. The number of nitrogens with one attached hydrogen (secondary N) is 1. The molecule has 0 aliphatic carbocycles. The van der Waals surface area contributed by atoms with Gasteiger partial charge < -0.3 is 15.0 Å². The summed E-state index contributed by atoms with van der Waals surface area (Å²) in [5.41, 5.74) is 1.93. The third-order valence-electron chi connectivity index (χ3n) is 5.05. The van der Waals surface area contributed by atoms with E-state index in [-0.39, 0.29) is 24.5 Å². The Morgan fingerprint density at radius 1 is 1.19 bits per heavy atom. The summed E-state index contributed by atoms with van der Waals surface area (Å²) in [4.78, 5) is 27.1. The molecule has 0 fully saturated rings. The van der Waals surface area contributed by atoms with E-state index in [1.807, 2.05) is 63.2 Å². The molecule has 0 aromatic heterocycles. The van der Waals surface area contributed by atoms with Crippen molar-refractivity contribution in [2.75, 3.05) is 20.7 Å². The maximum atomic E-state index is 13.3. The molecule has 8 heteroatoms. The summed E-state index contributed by atoms with van der Waals surface area (Å²) in [6, 6.07) is 14.3. The normalized spacial score (nSPS) is 15.9. The summed E-state index contributed by atoms with van der Waals surface area (Å²) in [6.45, 7) is 5.55. The molecule has 1 aliphatic rings. The van der Waals surface area contributed by atoms with Gasteiger partial charge in [0.1, 0.15) is 12.3 Å². The summed E-state index contributed by atoms with van der Waals surface area (Å²) in [5.74, 6) is 0.374. The van der Waals surface area contributed by atoms with Crippen LogP contribution in [0.1, 0.15) is 44.4 Å². The van der Waals surface area contributed by atoms with E-state index in [0.29, 0.717) is 22.9 Å². The van der Waals surface area contributed by atoms with Crippen molar-refractivity contribution in [3.63, 3.8) is 0 Å². The number of carbonyl (C=O) groups is 2. The molecule has 1 aliphatic heterocycles. The molecule has 2 aromatic rings. The van der Waals surface area contributed by atoms with Gasteiger partial charge in [0.15, 0.2) is 0 Å². The average Bonchev–Trinajstić information content (AvgIpc) is 3.18. The van der Waals surface area contributed by atoms with Crippen LogP contribution in [-0.4, -0.2) is 53.8 Å². The van der Waals surface area contributed by atoms with Crippen LogP contribution in [0.5, 0.6) is 5.75 Å². The van der Waals surface area contributed by atoms with Gasteiger partial charge >= 0.3 is 6.03 Å². The number of hydrazone groups is 1. The summed E-state index contributed by atoms with van der Waals surface area (Å²) in [7, 11) is 3.19. The lowest BCUT2D eigenvalue weighted by Gasteiger charge is -2.28. The molecule has 1 N–H and O–H groups in total. The molecule has 0 radical (unpaired) electrons. The Labute approximate surface area is 194 Å². The van der Waals surface area contributed by atoms with Crippen LogP contribution in [0.2, 0.25) is 5.02 Å². The third-order valence-corrected chi connectivity index (χ3v) is 5.38. The first kappa shape index (κ1) is 23.6. The molecule has 170 valence electrons. The molecule has 3 rings (SSSR count). The van der Waals surface area contributed by atoms with E-state index in [4.69, 9.17) is 16.3 Å². The van der Waals surface area contributed by atoms with Gasteiger partial charge in [-0.1, -0.05) is 48.0 Å². The van der Waals surface area contributed by atoms with E-state index in [2.05, 4.69) is 10.4 Å². The molecule has 32 heavy (non-hydrogen) atoms. The van der Waals surface area contributed by atoms with Crippen molar-refractivity contribution in [1.29, 1.82) is 0 Å². The maximum Gasteiger partial charge on any atom is 0.318 e. The number of likely N-dealkylation sites (N-methyl/N-ethyl adjacent to an activating group) is 1. The van der Waals surface area contributed by atoms with E-state index in [1.54, 1.807) is 20.2 Å². The Hall–Kier alpha value is -3.06. The fourth-order valence-corrected chi connectivity index (χ4v) is 3.79. The van der Waals surface area contributed by atoms with Crippen LogP contribution in [0.15, 0.2) is 53.6 Å². The topological polar surface area (TPSA) is 74.2 Å². The molecule has 0 saturated carbocycles. The van der Waals surface area contributed by atoms with Gasteiger partial charge in [-0.25, -0.2) is 9.80 Å². The quantitative estimate of drug-likeness (QED) is 0.721. The standard InChI is InChI=1S/C24H29ClN4O3/c1-24(2,3)26-23(31)28(4)15-22(30)29-20(17-11-7-9-13-21(17)32-5)14-19(27-29)16-10-6-8-12-18(16)25/h6-13,20H,14-15H2,1-5H3,(H,26,31). The van der Waals surface area contributed by atoms with E-state index in [9.17, 15) is 9.59 Å². The van der Waals surface area contributed by atoms with Gasteiger partial charge in [-0.2, -0.15) is 5.10 Å². The van der Waals surface area contributed by atoms with Crippen LogP contribution in [-0.2, 0) is 4.79 Å².